The van der Waals surface area contributed by atoms with E-state index in [4.69, 9.17) is 4.74 Å². The normalized spacial score (nSPS) is 55.7. The Bertz CT molecular complexity index is 311. The first-order valence-corrected chi connectivity index (χ1v) is 7.11. The zero-order valence-electron chi connectivity index (χ0n) is 11.3. The lowest BCUT2D eigenvalue weighted by Gasteiger charge is -2.51. The molecule has 2 heterocycles. The van der Waals surface area contributed by atoms with Crippen LogP contribution in [0.15, 0.2) is 0 Å². The molecule has 0 N–H and O–H groups in total. The number of hydrogen-bond acceptors (Lipinski definition) is 1. The quantitative estimate of drug-likeness (QED) is 0.647. The zero-order valence-corrected chi connectivity index (χ0v) is 11.3. The van der Waals surface area contributed by atoms with Crippen LogP contribution in [0.3, 0.4) is 0 Å². The van der Waals surface area contributed by atoms with Crippen molar-refractivity contribution in [2.24, 2.45) is 17.3 Å². The van der Waals surface area contributed by atoms with Gasteiger partial charge in [-0.1, -0.05) is 20.8 Å². The molecule has 16 heavy (non-hydrogen) atoms. The van der Waals surface area contributed by atoms with Crippen molar-refractivity contribution in [1.82, 2.24) is 0 Å². The van der Waals surface area contributed by atoms with Crippen molar-refractivity contribution in [2.45, 2.75) is 77.4 Å². The summed E-state index contributed by atoms with van der Waals surface area (Å²) in [4.78, 5) is 0. The van der Waals surface area contributed by atoms with E-state index in [9.17, 15) is 0 Å². The van der Waals surface area contributed by atoms with Gasteiger partial charge in [0.2, 0.25) is 0 Å². The van der Waals surface area contributed by atoms with Crippen LogP contribution in [0.5, 0.6) is 0 Å². The van der Waals surface area contributed by atoms with Crippen LogP contribution < -0.4 is 0 Å². The van der Waals surface area contributed by atoms with E-state index in [1.54, 1.807) is 0 Å². The molecule has 1 heteroatoms. The molecule has 2 bridgehead atoms. The molecule has 3 fully saturated rings. The Kier molecular flexibility index (Phi) is 2.11. The third-order valence-electron chi connectivity index (χ3n) is 6.09. The fraction of sp³-hybridized carbons (Fsp3) is 1.00. The van der Waals surface area contributed by atoms with Gasteiger partial charge in [-0.3, -0.25) is 0 Å². The van der Waals surface area contributed by atoms with Gasteiger partial charge in [-0.25, -0.2) is 0 Å². The van der Waals surface area contributed by atoms with Gasteiger partial charge in [0.1, 0.15) is 0 Å². The van der Waals surface area contributed by atoms with Crippen LogP contribution in [0, 0.1) is 17.3 Å². The predicted molar refractivity (Wildman–Crippen MR) is 66.4 cm³/mol. The number of fused-ring (bicyclic) bond motifs is 1. The van der Waals surface area contributed by atoms with Crippen LogP contribution in [0.25, 0.3) is 0 Å². The van der Waals surface area contributed by atoms with Crippen molar-refractivity contribution < 1.29 is 4.74 Å². The van der Waals surface area contributed by atoms with Gasteiger partial charge in [0.15, 0.2) is 0 Å². The predicted octanol–water partition coefficient (Wildman–Crippen LogP) is 4.16. The van der Waals surface area contributed by atoms with E-state index >= 15 is 0 Å². The van der Waals surface area contributed by atoms with Crippen molar-refractivity contribution in [3.05, 3.63) is 0 Å². The van der Waals surface area contributed by atoms with Gasteiger partial charge in [-0.15, -0.1) is 0 Å². The second-order valence-electron chi connectivity index (χ2n) is 7.39. The highest BCUT2D eigenvalue weighted by molar-refractivity contribution is 5.16. The Labute approximate surface area is 99.9 Å². The maximum absolute atomic E-state index is 6.67. The molecule has 4 unspecified atom stereocenters. The van der Waals surface area contributed by atoms with Gasteiger partial charge in [-0.05, 0) is 62.7 Å². The molecule has 1 aliphatic carbocycles. The van der Waals surface area contributed by atoms with E-state index in [1.807, 2.05) is 0 Å². The molecule has 0 aromatic carbocycles. The van der Waals surface area contributed by atoms with Crippen LogP contribution in [-0.4, -0.2) is 11.2 Å². The standard InChI is InChI=1S/C15H26O/c1-11(2)12-5-6-13(3)7-8-14(4)9-10-15(12,13)16-14/h11-12H,5-10H2,1-4H3. The van der Waals surface area contributed by atoms with Crippen LogP contribution in [0.1, 0.15) is 66.2 Å². The first kappa shape index (κ1) is 11.1. The lowest BCUT2D eigenvalue weighted by molar-refractivity contribution is -0.206. The molecule has 2 aliphatic heterocycles. The van der Waals surface area contributed by atoms with E-state index in [-0.39, 0.29) is 11.2 Å². The lowest BCUT2D eigenvalue weighted by Crippen LogP contribution is -2.53. The summed E-state index contributed by atoms with van der Waals surface area (Å²) in [5.41, 5.74) is 0.948. The van der Waals surface area contributed by atoms with Crippen LogP contribution in [0.4, 0.5) is 0 Å². The summed E-state index contributed by atoms with van der Waals surface area (Å²) in [6.07, 6.45) is 8.09. The average Bonchev–Trinajstić information content (AvgIpc) is 2.66. The first-order chi connectivity index (χ1) is 7.41. The molecule has 3 rings (SSSR count). The molecule has 0 aromatic heterocycles. The smallest absolute Gasteiger partial charge is 0.0774 e. The summed E-state index contributed by atoms with van der Waals surface area (Å²) in [5, 5.41) is 0. The van der Waals surface area contributed by atoms with Crippen molar-refractivity contribution in [2.75, 3.05) is 0 Å². The Morgan fingerprint density at radius 2 is 1.69 bits per heavy atom. The molecule has 92 valence electrons. The molecule has 1 nitrogen and oxygen atoms in total. The third-order valence-corrected chi connectivity index (χ3v) is 6.09. The molecule has 4 atom stereocenters. The summed E-state index contributed by atoms with van der Waals surface area (Å²) >= 11 is 0. The van der Waals surface area contributed by atoms with Crippen LogP contribution in [0.2, 0.25) is 0 Å². The number of ether oxygens (including phenoxy) is 1. The monoisotopic (exact) mass is 222 g/mol. The molecule has 1 saturated carbocycles. The minimum atomic E-state index is 0.219. The summed E-state index contributed by atoms with van der Waals surface area (Å²) in [6, 6.07) is 0. The van der Waals surface area contributed by atoms with Crippen molar-refractivity contribution in [3.8, 4) is 0 Å². The highest BCUT2D eigenvalue weighted by Crippen LogP contribution is 2.67. The maximum atomic E-state index is 6.67. The van der Waals surface area contributed by atoms with E-state index in [2.05, 4.69) is 27.7 Å². The largest absolute Gasteiger partial charge is 0.368 e. The van der Waals surface area contributed by atoms with Crippen molar-refractivity contribution >= 4 is 0 Å². The van der Waals surface area contributed by atoms with Crippen molar-refractivity contribution in [1.29, 1.82) is 0 Å². The maximum Gasteiger partial charge on any atom is 0.0774 e. The minimum absolute atomic E-state index is 0.219. The zero-order chi connectivity index (χ0) is 11.6. The SMILES string of the molecule is CC(C)C1CCC2(C)CCC3(C)CCC12O3. The summed E-state index contributed by atoms with van der Waals surface area (Å²) in [5.74, 6) is 1.59. The highest BCUT2D eigenvalue weighted by atomic mass is 16.5. The van der Waals surface area contributed by atoms with Gasteiger partial charge >= 0.3 is 0 Å². The molecule has 2 saturated heterocycles. The molecular formula is C15H26O. The van der Waals surface area contributed by atoms with Gasteiger partial charge in [0.05, 0.1) is 11.2 Å². The Morgan fingerprint density at radius 3 is 2.38 bits per heavy atom. The van der Waals surface area contributed by atoms with Gasteiger partial charge in [-0.2, -0.15) is 0 Å². The molecule has 0 aromatic rings. The molecule has 3 aliphatic rings. The van der Waals surface area contributed by atoms with Gasteiger partial charge in [0.25, 0.3) is 0 Å². The Balaban J connectivity index is 2.02. The summed E-state index contributed by atoms with van der Waals surface area (Å²) < 4.78 is 6.67. The number of hydrogen-bond donors (Lipinski definition) is 0. The molecule has 0 radical (unpaired) electrons. The Morgan fingerprint density at radius 1 is 1.00 bits per heavy atom. The molecule has 0 amide bonds. The second kappa shape index (κ2) is 3.04. The molecular weight excluding hydrogens is 196 g/mol. The summed E-state index contributed by atoms with van der Waals surface area (Å²) in [7, 11) is 0. The third kappa shape index (κ3) is 1.16. The van der Waals surface area contributed by atoms with E-state index < -0.39 is 0 Å². The van der Waals surface area contributed by atoms with E-state index in [0.717, 1.165) is 11.8 Å². The minimum Gasteiger partial charge on any atom is -0.368 e. The van der Waals surface area contributed by atoms with Gasteiger partial charge < -0.3 is 4.74 Å². The van der Waals surface area contributed by atoms with Crippen molar-refractivity contribution in [3.63, 3.8) is 0 Å². The Hall–Kier alpha value is -0.0400. The fourth-order valence-corrected chi connectivity index (χ4v) is 4.97. The summed E-state index contributed by atoms with van der Waals surface area (Å²) in [6.45, 7) is 9.62. The number of rotatable bonds is 1. The van der Waals surface area contributed by atoms with E-state index in [0.29, 0.717) is 5.41 Å². The first-order valence-electron chi connectivity index (χ1n) is 7.11. The second-order valence-corrected chi connectivity index (χ2v) is 7.39. The molecule has 1 spiro atoms. The lowest BCUT2D eigenvalue weighted by atomic mass is 9.66. The average molecular weight is 222 g/mol. The fourth-order valence-electron chi connectivity index (χ4n) is 4.97. The van der Waals surface area contributed by atoms with Crippen LogP contribution >= 0.6 is 0 Å². The topological polar surface area (TPSA) is 9.23 Å². The van der Waals surface area contributed by atoms with Crippen LogP contribution in [-0.2, 0) is 4.74 Å². The van der Waals surface area contributed by atoms with E-state index in [1.165, 1.54) is 38.5 Å². The van der Waals surface area contributed by atoms with Gasteiger partial charge in [0, 0.05) is 0 Å². The highest BCUT2D eigenvalue weighted by Gasteiger charge is 2.66.